The smallest absolute Gasteiger partial charge is 0.254 e. The van der Waals surface area contributed by atoms with Crippen molar-refractivity contribution in [3.63, 3.8) is 0 Å². The standard InChI is InChI=1S/C22H23N3O3/c1-2-3-15-4-6-16(7-5-15)21-18-12-24(13-20(27)25(18)19(21)14-26)22(28)17-8-10-23-11-9-17/h2-11,18-19,21,26H,12-14H2,1H3/b3-2+/t18-,19-,21+/m1/s1. The highest BCUT2D eigenvalue weighted by Crippen LogP contribution is 2.43. The summed E-state index contributed by atoms with van der Waals surface area (Å²) in [4.78, 5) is 32.8. The summed E-state index contributed by atoms with van der Waals surface area (Å²) in [5.41, 5.74) is 2.72. The summed E-state index contributed by atoms with van der Waals surface area (Å²) in [5.74, 6) is -0.258. The molecule has 2 aromatic rings. The molecule has 2 aliphatic rings. The van der Waals surface area contributed by atoms with Crippen molar-refractivity contribution in [2.75, 3.05) is 19.7 Å². The summed E-state index contributed by atoms with van der Waals surface area (Å²) in [7, 11) is 0. The second-order valence-electron chi connectivity index (χ2n) is 7.23. The highest BCUT2D eigenvalue weighted by atomic mass is 16.3. The fourth-order valence-electron chi connectivity index (χ4n) is 4.35. The molecule has 3 atom stereocenters. The lowest BCUT2D eigenvalue weighted by molar-refractivity contribution is -0.159. The molecule has 28 heavy (non-hydrogen) atoms. The third-order valence-electron chi connectivity index (χ3n) is 5.65. The molecule has 2 saturated heterocycles. The predicted molar refractivity (Wildman–Crippen MR) is 106 cm³/mol. The van der Waals surface area contributed by atoms with E-state index in [4.69, 9.17) is 0 Å². The second-order valence-corrected chi connectivity index (χ2v) is 7.23. The van der Waals surface area contributed by atoms with Gasteiger partial charge in [-0.05, 0) is 30.2 Å². The maximum atomic E-state index is 12.8. The van der Waals surface area contributed by atoms with Crippen LogP contribution in [0.25, 0.3) is 6.08 Å². The molecule has 0 unspecified atom stereocenters. The lowest BCUT2D eigenvalue weighted by Crippen LogP contribution is -2.73. The van der Waals surface area contributed by atoms with Crippen LogP contribution in [0.4, 0.5) is 0 Å². The molecule has 2 amide bonds. The minimum absolute atomic E-state index is 0.0154. The zero-order valence-corrected chi connectivity index (χ0v) is 15.7. The molecule has 0 spiro atoms. The third-order valence-corrected chi connectivity index (χ3v) is 5.65. The Morgan fingerprint density at radius 1 is 1.21 bits per heavy atom. The first-order valence-corrected chi connectivity index (χ1v) is 9.48. The van der Waals surface area contributed by atoms with Gasteiger partial charge in [0, 0.05) is 30.4 Å². The highest BCUT2D eigenvalue weighted by molar-refractivity contribution is 5.97. The van der Waals surface area contributed by atoms with Crippen LogP contribution in [0.5, 0.6) is 0 Å². The minimum Gasteiger partial charge on any atom is -0.394 e. The number of allylic oxidation sites excluding steroid dienone is 1. The molecule has 1 N–H and O–H groups in total. The molecule has 144 valence electrons. The molecule has 3 heterocycles. The quantitative estimate of drug-likeness (QED) is 0.884. The molecule has 6 nitrogen and oxygen atoms in total. The van der Waals surface area contributed by atoms with Gasteiger partial charge in [-0.25, -0.2) is 0 Å². The predicted octanol–water partition coefficient (Wildman–Crippen LogP) is 1.93. The van der Waals surface area contributed by atoms with Crippen molar-refractivity contribution in [1.82, 2.24) is 14.8 Å². The molecule has 2 fully saturated rings. The highest BCUT2D eigenvalue weighted by Gasteiger charge is 2.54. The van der Waals surface area contributed by atoms with Gasteiger partial charge in [-0.3, -0.25) is 14.6 Å². The van der Waals surface area contributed by atoms with E-state index in [9.17, 15) is 14.7 Å². The second kappa shape index (κ2) is 7.56. The van der Waals surface area contributed by atoms with Crippen molar-refractivity contribution in [1.29, 1.82) is 0 Å². The third kappa shape index (κ3) is 3.10. The van der Waals surface area contributed by atoms with Gasteiger partial charge in [0.2, 0.25) is 5.91 Å². The summed E-state index contributed by atoms with van der Waals surface area (Å²) in [5, 5.41) is 9.87. The van der Waals surface area contributed by atoms with Crippen molar-refractivity contribution < 1.29 is 14.7 Å². The Balaban J connectivity index is 1.58. The maximum absolute atomic E-state index is 12.8. The number of carbonyl (C=O) groups excluding carboxylic acids is 2. The van der Waals surface area contributed by atoms with Crippen LogP contribution >= 0.6 is 0 Å². The first-order valence-electron chi connectivity index (χ1n) is 9.48. The van der Waals surface area contributed by atoms with Crippen LogP contribution < -0.4 is 0 Å². The number of piperazine rings is 1. The van der Waals surface area contributed by atoms with Gasteiger partial charge in [-0.15, -0.1) is 0 Å². The van der Waals surface area contributed by atoms with Gasteiger partial charge in [-0.2, -0.15) is 0 Å². The van der Waals surface area contributed by atoms with Crippen molar-refractivity contribution >= 4 is 17.9 Å². The lowest BCUT2D eigenvalue weighted by atomic mass is 9.73. The van der Waals surface area contributed by atoms with Crippen LogP contribution in [-0.4, -0.2) is 63.5 Å². The largest absolute Gasteiger partial charge is 0.394 e. The van der Waals surface area contributed by atoms with Crippen molar-refractivity contribution in [2.45, 2.75) is 24.9 Å². The summed E-state index contributed by atoms with van der Waals surface area (Å²) in [6.07, 6.45) is 7.16. The van der Waals surface area contributed by atoms with Crippen LogP contribution in [-0.2, 0) is 4.79 Å². The number of carbonyl (C=O) groups is 2. The van der Waals surface area contributed by atoms with E-state index in [1.54, 1.807) is 34.3 Å². The van der Waals surface area contributed by atoms with Crippen LogP contribution in [0, 0.1) is 0 Å². The summed E-state index contributed by atoms with van der Waals surface area (Å²) >= 11 is 0. The van der Waals surface area contributed by atoms with E-state index < -0.39 is 0 Å². The van der Waals surface area contributed by atoms with E-state index in [1.165, 1.54) is 0 Å². The number of pyridine rings is 1. The molecule has 0 saturated carbocycles. The van der Waals surface area contributed by atoms with Crippen molar-refractivity contribution in [3.8, 4) is 0 Å². The minimum atomic E-state index is -0.233. The zero-order chi connectivity index (χ0) is 19.7. The number of hydrogen-bond acceptors (Lipinski definition) is 4. The van der Waals surface area contributed by atoms with E-state index in [0.29, 0.717) is 12.1 Å². The topological polar surface area (TPSA) is 73.7 Å². The van der Waals surface area contributed by atoms with Gasteiger partial charge in [0.05, 0.1) is 18.7 Å². The summed E-state index contributed by atoms with van der Waals surface area (Å²) < 4.78 is 0. The van der Waals surface area contributed by atoms with Gasteiger partial charge in [0.1, 0.15) is 6.54 Å². The first-order chi connectivity index (χ1) is 13.6. The Labute approximate surface area is 164 Å². The monoisotopic (exact) mass is 377 g/mol. The fourth-order valence-corrected chi connectivity index (χ4v) is 4.35. The number of nitrogens with zero attached hydrogens (tertiary/aromatic N) is 3. The Morgan fingerprint density at radius 2 is 1.93 bits per heavy atom. The molecular weight excluding hydrogens is 354 g/mol. The molecule has 2 aliphatic heterocycles. The number of aliphatic hydroxyl groups is 1. The number of benzene rings is 1. The molecular formula is C22H23N3O3. The Hall–Kier alpha value is -2.99. The van der Waals surface area contributed by atoms with Gasteiger partial charge >= 0.3 is 0 Å². The molecule has 6 heteroatoms. The van der Waals surface area contributed by atoms with Crippen LogP contribution in [0.2, 0.25) is 0 Å². The summed E-state index contributed by atoms with van der Waals surface area (Å²) in [6, 6.07) is 11.2. The van der Waals surface area contributed by atoms with Gasteiger partial charge < -0.3 is 14.9 Å². The van der Waals surface area contributed by atoms with Crippen LogP contribution in [0.1, 0.15) is 34.3 Å². The Morgan fingerprint density at radius 3 is 2.57 bits per heavy atom. The fraction of sp³-hybridized carbons (Fsp3) is 0.318. The van der Waals surface area contributed by atoms with E-state index in [1.807, 2.05) is 43.3 Å². The molecule has 0 aliphatic carbocycles. The average molecular weight is 377 g/mol. The van der Waals surface area contributed by atoms with Gasteiger partial charge in [0.25, 0.3) is 5.91 Å². The number of aromatic nitrogens is 1. The van der Waals surface area contributed by atoms with E-state index >= 15 is 0 Å². The molecule has 1 aromatic heterocycles. The van der Waals surface area contributed by atoms with E-state index in [2.05, 4.69) is 4.98 Å². The normalized spacial score (nSPS) is 24.2. The molecule has 0 bridgehead atoms. The first kappa shape index (κ1) is 18.4. The Bertz CT molecular complexity index is 895. The van der Waals surface area contributed by atoms with Crippen molar-refractivity contribution in [2.24, 2.45) is 0 Å². The molecule has 4 rings (SSSR count). The van der Waals surface area contributed by atoms with Crippen molar-refractivity contribution in [3.05, 3.63) is 71.6 Å². The SMILES string of the molecule is C/C=C/c1ccc([C@@H]2[C@@H](CO)N3C(=O)CN(C(=O)c4ccncc4)C[C@H]23)cc1. The Kier molecular flexibility index (Phi) is 4.96. The molecule has 0 radical (unpaired) electrons. The number of rotatable bonds is 4. The summed E-state index contributed by atoms with van der Waals surface area (Å²) in [6.45, 7) is 2.40. The number of hydrogen-bond donors (Lipinski definition) is 1. The van der Waals surface area contributed by atoms with Gasteiger partial charge in [0.15, 0.2) is 0 Å². The maximum Gasteiger partial charge on any atom is 0.254 e. The average Bonchev–Trinajstić information content (AvgIpc) is 2.71. The number of amides is 2. The number of fused-ring (bicyclic) bond motifs is 1. The number of aliphatic hydroxyl groups excluding tert-OH is 1. The zero-order valence-electron chi connectivity index (χ0n) is 15.7. The van der Waals surface area contributed by atoms with Crippen LogP contribution in [0.15, 0.2) is 54.9 Å². The van der Waals surface area contributed by atoms with Gasteiger partial charge in [-0.1, -0.05) is 36.4 Å². The van der Waals surface area contributed by atoms with E-state index in [-0.39, 0.29) is 43.0 Å². The molecule has 1 aromatic carbocycles. The van der Waals surface area contributed by atoms with Crippen LogP contribution in [0.3, 0.4) is 0 Å². The lowest BCUT2D eigenvalue weighted by Gasteiger charge is -2.58. The van der Waals surface area contributed by atoms with E-state index in [0.717, 1.165) is 11.1 Å².